The van der Waals surface area contributed by atoms with E-state index in [0.717, 1.165) is 25.9 Å². The molecule has 0 radical (unpaired) electrons. The molecule has 0 spiro atoms. The number of urea groups is 1. The number of anilines is 2. The first-order valence-corrected chi connectivity index (χ1v) is 8.14. The van der Waals surface area contributed by atoms with Gasteiger partial charge in [0.15, 0.2) is 10.4 Å². The summed E-state index contributed by atoms with van der Waals surface area (Å²) >= 11 is 3.16. The van der Waals surface area contributed by atoms with Crippen molar-refractivity contribution in [2.75, 3.05) is 23.7 Å². The van der Waals surface area contributed by atoms with Crippen LogP contribution < -0.4 is 10.6 Å². The normalized spacial score (nSPS) is 13.9. The average molecular weight is 378 g/mol. The Labute approximate surface area is 142 Å². The lowest BCUT2D eigenvalue weighted by molar-refractivity contribution is 0.0995. The molecule has 2 N–H and O–H groups in total. The molecule has 1 aromatic heterocycles. The number of carbonyl (C=O) groups excluding carboxylic acids is 2. The van der Waals surface area contributed by atoms with E-state index in [2.05, 4.69) is 26.6 Å². The molecule has 23 heavy (non-hydrogen) atoms. The van der Waals surface area contributed by atoms with Gasteiger partial charge in [0, 0.05) is 24.5 Å². The average Bonchev–Trinajstić information content (AvgIpc) is 3.18. The fourth-order valence-corrected chi connectivity index (χ4v) is 2.73. The number of halogens is 1. The van der Waals surface area contributed by atoms with E-state index in [0.29, 0.717) is 16.0 Å². The maximum atomic E-state index is 12.1. The highest BCUT2D eigenvalue weighted by Crippen LogP contribution is 2.19. The number of benzene rings is 1. The Morgan fingerprint density at radius 3 is 2.39 bits per heavy atom. The van der Waals surface area contributed by atoms with Gasteiger partial charge in [-0.1, -0.05) is 6.07 Å². The zero-order valence-corrected chi connectivity index (χ0v) is 13.9. The SMILES string of the molecule is O=C(Nc1cccc(NC(=O)N2CCCC2)c1)c1ccc(Br)o1. The van der Waals surface area contributed by atoms with Gasteiger partial charge in [-0.25, -0.2) is 4.79 Å². The first kappa shape index (κ1) is 15.6. The maximum Gasteiger partial charge on any atom is 0.321 e. The number of nitrogens with one attached hydrogen (secondary N) is 2. The van der Waals surface area contributed by atoms with Crippen LogP contribution in [0.25, 0.3) is 0 Å². The molecule has 0 bridgehead atoms. The third kappa shape index (κ3) is 3.92. The van der Waals surface area contributed by atoms with E-state index in [1.807, 2.05) is 0 Å². The van der Waals surface area contributed by atoms with Crippen LogP contribution >= 0.6 is 15.9 Å². The van der Waals surface area contributed by atoms with Gasteiger partial charge in [0.2, 0.25) is 0 Å². The zero-order chi connectivity index (χ0) is 16.2. The molecule has 1 saturated heterocycles. The van der Waals surface area contributed by atoms with Crippen LogP contribution in [0.2, 0.25) is 0 Å². The Kier molecular flexibility index (Phi) is 4.66. The summed E-state index contributed by atoms with van der Waals surface area (Å²) in [4.78, 5) is 25.9. The van der Waals surface area contributed by atoms with E-state index in [4.69, 9.17) is 4.42 Å². The summed E-state index contributed by atoms with van der Waals surface area (Å²) in [5, 5.41) is 5.58. The van der Waals surface area contributed by atoms with E-state index in [1.165, 1.54) is 0 Å². The highest BCUT2D eigenvalue weighted by Gasteiger charge is 2.18. The molecule has 0 saturated carbocycles. The number of furan rings is 1. The van der Waals surface area contributed by atoms with Crippen LogP contribution in [0.3, 0.4) is 0 Å². The van der Waals surface area contributed by atoms with Crippen LogP contribution in [-0.4, -0.2) is 29.9 Å². The second kappa shape index (κ2) is 6.87. The smallest absolute Gasteiger partial charge is 0.321 e. The molecule has 1 aliphatic rings. The summed E-state index contributed by atoms with van der Waals surface area (Å²) in [6.45, 7) is 1.57. The van der Waals surface area contributed by atoms with Crippen LogP contribution in [0.15, 0.2) is 45.5 Å². The minimum Gasteiger partial charge on any atom is -0.444 e. The van der Waals surface area contributed by atoms with Gasteiger partial charge in [0.05, 0.1) is 0 Å². The maximum absolute atomic E-state index is 12.1. The molecule has 0 atom stereocenters. The summed E-state index contributed by atoms with van der Waals surface area (Å²) in [6, 6.07) is 10.1. The summed E-state index contributed by atoms with van der Waals surface area (Å²) in [5.41, 5.74) is 1.22. The number of likely N-dealkylation sites (tertiary alicyclic amines) is 1. The summed E-state index contributed by atoms with van der Waals surface area (Å²) < 4.78 is 5.70. The molecular formula is C16H16BrN3O3. The quantitative estimate of drug-likeness (QED) is 0.850. The van der Waals surface area contributed by atoms with Crippen LogP contribution in [-0.2, 0) is 0 Å². The lowest BCUT2D eigenvalue weighted by Crippen LogP contribution is -2.32. The van der Waals surface area contributed by atoms with Crippen LogP contribution in [0.1, 0.15) is 23.4 Å². The largest absolute Gasteiger partial charge is 0.444 e. The number of carbonyl (C=O) groups is 2. The molecule has 7 heteroatoms. The van der Waals surface area contributed by atoms with E-state index >= 15 is 0 Å². The fraction of sp³-hybridized carbons (Fsp3) is 0.250. The topological polar surface area (TPSA) is 74.6 Å². The Morgan fingerprint density at radius 2 is 1.74 bits per heavy atom. The summed E-state index contributed by atoms with van der Waals surface area (Å²) in [5.74, 6) is -0.137. The number of hydrogen-bond donors (Lipinski definition) is 2. The molecule has 120 valence electrons. The van der Waals surface area contributed by atoms with Gasteiger partial charge >= 0.3 is 6.03 Å². The molecule has 1 fully saturated rings. The van der Waals surface area contributed by atoms with Crippen molar-refractivity contribution >= 4 is 39.2 Å². The first-order chi connectivity index (χ1) is 11.1. The summed E-state index contributed by atoms with van der Waals surface area (Å²) in [6.07, 6.45) is 2.09. The molecule has 0 aliphatic carbocycles. The number of amides is 3. The van der Waals surface area contributed by atoms with Gasteiger partial charge in [-0.05, 0) is 59.1 Å². The standard InChI is InChI=1S/C16H16BrN3O3/c17-14-7-6-13(23-14)15(21)18-11-4-3-5-12(10-11)19-16(22)20-8-1-2-9-20/h3-7,10H,1-2,8-9H2,(H,18,21)(H,19,22). The van der Waals surface area contributed by atoms with Gasteiger partial charge in [-0.2, -0.15) is 0 Å². The van der Waals surface area contributed by atoms with Crippen LogP contribution in [0.5, 0.6) is 0 Å². The monoisotopic (exact) mass is 377 g/mol. The molecule has 2 heterocycles. The number of nitrogens with zero attached hydrogens (tertiary/aromatic N) is 1. The second-order valence-corrected chi connectivity index (χ2v) is 6.04. The zero-order valence-electron chi connectivity index (χ0n) is 12.3. The summed E-state index contributed by atoms with van der Waals surface area (Å²) in [7, 11) is 0. The Balaban J connectivity index is 1.65. The highest BCUT2D eigenvalue weighted by molar-refractivity contribution is 9.10. The van der Waals surface area contributed by atoms with E-state index in [1.54, 1.807) is 41.3 Å². The molecule has 0 unspecified atom stereocenters. The Morgan fingerprint density at radius 1 is 1.04 bits per heavy atom. The van der Waals surface area contributed by atoms with Crippen LogP contribution in [0, 0.1) is 0 Å². The Hall–Kier alpha value is -2.28. The molecule has 3 rings (SSSR count). The second-order valence-electron chi connectivity index (χ2n) is 5.26. The molecule has 1 aromatic carbocycles. The first-order valence-electron chi connectivity index (χ1n) is 7.34. The molecule has 6 nitrogen and oxygen atoms in total. The van der Waals surface area contributed by atoms with Crippen molar-refractivity contribution in [3.8, 4) is 0 Å². The van der Waals surface area contributed by atoms with Crippen molar-refractivity contribution in [3.63, 3.8) is 0 Å². The number of hydrogen-bond acceptors (Lipinski definition) is 3. The van der Waals surface area contributed by atoms with Crippen molar-refractivity contribution in [1.82, 2.24) is 4.90 Å². The molecular weight excluding hydrogens is 362 g/mol. The highest BCUT2D eigenvalue weighted by atomic mass is 79.9. The number of rotatable bonds is 3. The third-order valence-corrected chi connectivity index (χ3v) is 3.99. The van der Waals surface area contributed by atoms with Crippen molar-refractivity contribution in [2.24, 2.45) is 0 Å². The van der Waals surface area contributed by atoms with Gasteiger partial charge in [0.1, 0.15) is 0 Å². The van der Waals surface area contributed by atoms with E-state index in [9.17, 15) is 9.59 Å². The fourth-order valence-electron chi connectivity index (χ4n) is 2.43. The van der Waals surface area contributed by atoms with Gasteiger partial charge in [0.25, 0.3) is 5.91 Å². The van der Waals surface area contributed by atoms with Crippen molar-refractivity contribution in [3.05, 3.63) is 46.8 Å². The van der Waals surface area contributed by atoms with Crippen LogP contribution in [0.4, 0.5) is 16.2 Å². The van der Waals surface area contributed by atoms with E-state index < -0.39 is 0 Å². The van der Waals surface area contributed by atoms with Crippen molar-refractivity contribution in [1.29, 1.82) is 0 Å². The van der Waals surface area contributed by atoms with Gasteiger partial charge in [-0.15, -0.1) is 0 Å². The molecule has 3 amide bonds. The van der Waals surface area contributed by atoms with Crippen molar-refractivity contribution < 1.29 is 14.0 Å². The minimum absolute atomic E-state index is 0.110. The molecule has 1 aliphatic heterocycles. The third-order valence-electron chi connectivity index (χ3n) is 3.56. The predicted octanol–water partition coefficient (Wildman–Crippen LogP) is 3.92. The van der Waals surface area contributed by atoms with Crippen molar-refractivity contribution in [2.45, 2.75) is 12.8 Å². The van der Waals surface area contributed by atoms with Gasteiger partial charge < -0.3 is 20.0 Å². The van der Waals surface area contributed by atoms with E-state index in [-0.39, 0.29) is 17.7 Å². The van der Waals surface area contributed by atoms with Gasteiger partial charge in [-0.3, -0.25) is 4.79 Å². The molecule has 2 aromatic rings. The lowest BCUT2D eigenvalue weighted by Gasteiger charge is -2.16. The predicted molar refractivity (Wildman–Crippen MR) is 90.6 cm³/mol. The minimum atomic E-state index is -0.348. The lowest BCUT2D eigenvalue weighted by atomic mass is 10.2. The Bertz CT molecular complexity index is 723.